The zero-order valence-electron chi connectivity index (χ0n) is 10.5. The van der Waals surface area contributed by atoms with Crippen LogP contribution in [0.3, 0.4) is 0 Å². The fourth-order valence-electron chi connectivity index (χ4n) is 2.59. The van der Waals surface area contributed by atoms with Gasteiger partial charge in [-0.3, -0.25) is 4.79 Å². The molecule has 0 aromatic carbocycles. The average Bonchev–Trinajstić information content (AvgIpc) is 2.97. The Hall–Kier alpha value is -1.11. The number of aromatic nitrogens is 4. The highest BCUT2D eigenvalue weighted by molar-refractivity contribution is 7.99. The van der Waals surface area contributed by atoms with Crippen LogP contribution < -0.4 is 0 Å². The Labute approximate surface area is 110 Å². The van der Waals surface area contributed by atoms with Gasteiger partial charge in [0.1, 0.15) is 0 Å². The molecule has 0 saturated heterocycles. The summed E-state index contributed by atoms with van der Waals surface area (Å²) in [6.07, 6.45) is 6.09. The van der Waals surface area contributed by atoms with Gasteiger partial charge < -0.3 is 5.11 Å². The minimum atomic E-state index is -0.847. The van der Waals surface area contributed by atoms with E-state index < -0.39 is 5.97 Å². The smallest absolute Gasteiger partial charge is 0.313 e. The lowest BCUT2D eigenvalue weighted by atomic mass is 9.83. The Morgan fingerprint density at radius 1 is 1.50 bits per heavy atom. The molecule has 1 aliphatic rings. The van der Waals surface area contributed by atoms with Crippen molar-refractivity contribution in [2.75, 3.05) is 5.75 Å². The van der Waals surface area contributed by atoms with Crippen molar-refractivity contribution in [2.24, 2.45) is 5.41 Å². The highest BCUT2D eigenvalue weighted by Gasteiger charge is 2.33. The lowest BCUT2D eigenvalue weighted by molar-refractivity contribution is -0.133. The van der Waals surface area contributed by atoms with Crippen molar-refractivity contribution in [3.8, 4) is 0 Å². The lowest BCUT2D eigenvalue weighted by Gasteiger charge is -2.27. The van der Waals surface area contributed by atoms with Gasteiger partial charge in [0.15, 0.2) is 0 Å². The number of hydrogen-bond donors (Lipinski definition) is 1. The van der Waals surface area contributed by atoms with Crippen LogP contribution in [-0.4, -0.2) is 37.0 Å². The summed E-state index contributed by atoms with van der Waals surface area (Å²) in [7, 11) is 0. The molecule has 0 aliphatic heterocycles. The first kappa shape index (κ1) is 13.3. The minimum absolute atomic E-state index is 0.000498. The molecule has 1 aromatic rings. The molecule has 18 heavy (non-hydrogen) atoms. The molecule has 0 atom stereocenters. The standard InChI is InChI=1S/C11H18N4O2S/c1-2-11(5-3-4-6-11)8-15-10(12-13-14-15)18-7-9(16)17/h2-8H2,1H3,(H,16,17). The summed E-state index contributed by atoms with van der Waals surface area (Å²) in [5.74, 6) is -0.847. The van der Waals surface area contributed by atoms with Crippen LogP contribution in [0.1, 0.15) is 39.0 Å². The van der Waals surface area contributed by atoms with Crippen LogP contribution in [0.15, 0.2) is 5.16 Å². The topological polar surface area (TPSA) is 80.9 Å². The molecule has 0 spiro atoms. The molecule has 1 aromatic heterocycles. The molecule has 0 bridgehead atoms. The molecule has 2 rings (SSSR count). The van der Waals surface area contributed by atoms with Crippen molar-refractivity contribution >= 4 is 17.7 Å². The first-order valence-electron chi connectivity index (χ1n) is 6.26. The summed E-state index contributed by atoms with van der Waals surface area (Å²) in [5, 5.41) is 20.8. The van der Waals surface area contributed by atoms with Crippen molar-refractivity contribution in [1.29, 1.82) is 0 Å². The van der Waals surface area contributed by atoms with Gasteiger partial charge in [0.25, 0.3) is 0 Å². The number of carboxylic acids is 1. The van der Waals surface area contributed by atoms with Crippen molar-refractivity contribution in [2.45, 2.75) is 50.7 Å². The van der Waals surface area contributed by atoms with Gasteiger partial charge in [-0.05, 0) is 35.1 Å². The van der Waals surface area contributed by atoms with Gasteiger partial charge >= 0.3 is 5.97 Å². The zero-order chi connectivity index (χ0) is 13.0. The Bertz CT molecular complexity index is 415. The van der Waals surface area contributed by atoms with Gasteiger partial charge in [-0.2, -0.15) is 0 Å². The Balaban J connectivity index is 2.04. The van der Waals surface area contributed by atoms with Crippen LogP contribution in [0.5, 0.6) is 0 Å². The molecule has 1 N–H and O–H groups in total. The third-order valence-corrected chi connectivity index (χ3v) is 4.67. The summed E-state index contributed by atoms with van der Waals surface area (Å²) in [5.41, 5.74) is 0.300. The van der Waals surface area contributed by atoms with Crippen LogP contribution in [0.4, 0.5) is 0 Å². The summed E-state index contributed by atoms with van der Waals surface area (Å²) in [6, 6.07) is 0. The number of rotatable bonds is 6. The molecule has 100 valence electrons. The first-order valence-corrected chi connectivity index (χ1v) is 7.24. The largest absolute Gasteiger partial charge is 0.481 e. The number of nitrogens with zero attached hydrogens (tertiary/aromatic N) is 4. The molecule has 1 saturated carbocycles. The van der Waals surface area contributed by atoms with E-state index in [-0.39, 0.29) is 5.75 Å². The maximum atomic E-state index is 10.6. The van der Waals surface area contributed by atoms with Crippen LogP contribution in [0.2, 0.25) is 0 Å². The fraction of sp³-hybridized carbons (Fsp3) is 0.818. The van der Waals surface area contributed by atoms with E-state index in [0.717, 1.165) is 13.0 Å². The van der Waals surface area contributed by atoms with Gasteiger partial charge in [0, 0.05) is 0 Å². The third kappa shape index (κ3) is 3.01. The quantitative estimate of drug-likeness (QED) is 0.794. The maximum absolute atomic E-state index is 10.6. The van der Waals surface area contributed by atoms with E-state index in [4.69, 9.17) is 5.11 Å². The highest BCUT2D eigenvalue weighted by Crippen LogP contribution is 2.42. The van der Waals surface area contributed by atoms with E-state index in [1.54, 1.807) is 4.68 Å². The SMILES string of the molecule is CCC1(Cn2nnnc2SCC(=O)O)CCCC1. The summed E-state index contributed by atoms with van der Waals surface area (Å²) in [6.45, 7) is 3.01. The Morgan fingerprint density at radius 3 is 2.83 bits per heavy atom. The normalized spacial score (nSPS) is 18.1. The number of hydrogen-bond acceptors (Lipinski definition) is 5. The van der Waals surface area contributed by atoms with Crippen molar-refractivity contribution in [3.05, 3.63) is 0 Å². The molecule has 0 amide bonds. The average molecular weight is 270 g/mol. The molecule has 0 unspecified atom stereocenters. The Kier molecular flexibility index (Phi) is 4.21. The molecule has 6 nitrogen and oxygen atoms in total. The summed E-state index contributed by atoms with van der Waals surface area (Å²) >= 11 is 1.18. The maximum Gasteiger partial charge on any atom is 0.313 e. The number of carbonyl (C=O) groups is 1. The Morgan fingerprint density at radius 2 is 2.22 bits per heavy atom. The highest BCUT2D eigenvalue weighted by atomic mass is 32.2. The molecule has 1 fully saturated rings. The third-order valence-electron chi connectivity index (χ3n) is 3.72. The van der Waals surface area contributed by atoms with Crippen molar-refractivity contribution in [1.82, 2.24) is 20.2 Å². The number of carboxylic acid groups (broad SMARTS) is 1. The van der Waals surface area contributed by atoms with E-state index in [1.807, 2.05) is 0 Å². The van der Waals surface area contributed by atoms with E-state index in [0.29, 0.717) is 10.6 Å². The summed E-state index contributed by atoms with van der Waals surface area (Å²) in [4.78, 5) is 10.6. The van der Waals surface area contributed by atoms with Crippen molar-refractivity contribution < 1.29 is 9.90 Å². The van der Waals surface area contributed by atoms with Gasteiger partial charge in [0.2, 0.25) is 5.16 Å². The van der Waals surface area contributed by atoms with Gasteiger partial charge in [-0.1, -0.05) is 31.5 Å². The van der Waals surface area contributed by atoms with Crippen LogP contribution >= 0.6 is 11.8 Å². The molecule has 1 heterocycles. The van der Waals surface area contributed by atoms with E-state index in [1.165, 1.54) is 37.4 Å². The predicted octanol–water partition coefficient (Wildman–Crippen LogP) is 1.82. The van der Waals surface area contributed by atoms with Gasteiger partial charge in [-0.15, -0.1) is 5.10 Å². The number of thioether (sulfide) groups is 1. The molecule has 7 heteroatoms. The van der Waals surface area contributed by atoms with E-state index in [2.05, 4.69) is 22.4 Å². The van der Waals surface area contributed by atoms with E-state index >= 15 is 0 Å². The van der Waals surface area contributed by atoms with E-state index in [9.17, 15) is 4.79 Å². The predicted molar refractivity (Wildman–Crippen MR) is 67.4 cm³/mol. The van der Waals surface area contributed by atoms with Crippen LogP contribution in [0, 0.1) is 5.41 Å². The lowest BCUT2D eigenvalue weighted by Crippen LogP contribution is -2.24. The zero-order valence-corrected chi connectivity index (χ0v) is 11.3. The first-order chi connectivity index (χ1) is 8.65. The number of aliphatic carboxylic acids is 1. The second-order valence-corrected chi connectivity index (χ2v) is 5.80. The molecule has 0 radical (unpaired) electrons. The minimum Gasteiger partial charge on any atom is -0.481 e. The van der Waals surface area contributed by atoms with Gasteiger partial charge in [0.05, 0.1) is 12.3 Å². The van der Waals surface area contributed by atoms with Gasteiger partial charge in [-0.25, -0.2) is 4.68 Å². The second-order valence-electron chi connectivity index (χ2n) is 4.86. The van der Waals surface area contributed by atoms with Crippen molar-refractivity contribution in [3.63, 3.8) is 0 Å². The molecular formula is C11H18N4O2S. The number of tetrazole rings is 1. The second kappa shape index (κ2) is 5.69. The monoisotopic (exact) mass is 270 g/mol. The summed E-state index contributed by atoms with van der Waals surface area (Å²) < 4.78 is 1.77. The molecular weight excluding hydrogens is 252 g/mol. The van der Waals surface area contributed by atoms with Crippen LogP contribution in [0.25, 0.3) is 0 Å². The van der Waals surface area contributed by atoms with Crippen LogP contribution in [-0.2, 0) is 11.3 Å². The fourth-order valence-corrected chi connectivity index (χ4v) is 3.19. The molecule has 1 aliphatic carbocycles.